The van der Waals surface area contributed by atoms with E-state index in [-0.39, 0.29) is 6.61 Å². The van der Waals surface area contributed by atoms with Gasteiger partial charge in [-0.3, -0.25) is 4.90 Å². The summed E-state index contributed by atoms with van der Waals surface area (Å²) in [6.45, 7) is 4.27. The number of aromatic nitrogens is 3. The molecule has 0 aliphatic carbocycles. The monoisotopic (exact) mass is 427 g/mol. The summed E-state index contributed by atoms with van der Waals surface area (Å²) in [6, 6.07) is 9.07. The normalized spacial score (nSPS) is 13.4. The van der Waals surface area contributed by atoms with E-state index in [2.05, 4.69) is 15.5 Å². The van der Waals surface area contributed by atoms with Crippen LogP contribution in [0.1, 0.15) is 23.4 Å². The Balaban J connectivity index is 2.01. The van der Waals surface area contributed by atoms with Gasteiger partial charge in [0.05, 0.1) is 22.6 Å². The third kappa shape index (κ3) is 5.45. The molecule has 0 aliphatic rings. The highest BCUT2D eigenvalue weighted by molar-refractivity contribution is 5.67. The fourth-order valence-electron chi connectivity index (χ4n) is 3.18. The van der Waals surface area contributed by atoms with E-state index in [1.807, 2.05) is 38.1 Å². The maximum atomic E-state index is 10.6. The molecule has 3 aromatic rings. The van der Waals surface area contributed by atoms with Crippen LogP contribution in [0, 0.1) is 13.8 Å². The van der Waals surface area contributed by atoms with Gasteiger partial charge in [0.25, 0.3) is 0 Å². The molecule has 3 rings (SSSR count). The summed E-state index contributed by atoms with van der Waals surface area (Å²) < 4.78 is 11.0. The third-order valence-corrected chi connectivity index (χ3v) is 4.76. The van der Waals surface area contributed by atoms with Crippen LogP contribution < -0.4 is 10.1 Å². The zero-order valence-corrected chi connectivity index (χ0v) is 18.5. The Morgan fingerprint density at radius 1 is 1.16 bits per heavy atom. The van der Waals surface area contributed by atoms with E-state index in [1.54, 1.807) is 32.1 Å². The first-order chi connectivity index (χ1) is 14.8. The van der Waals surface area contributed by atoms with E-state index in [0.717, 1.165) is 11.1 Å². The summed E-state index contributed by atoms with van der Waals surface area (Å²) in [7, 11) is 5.31. The predicted octanol–water partition coefficient (Wildman–Crippen LogP) is 1.93. The molecule has 2 atom stereocenters. The molecule has 2 aromatic heterocycles. The number of ether oxygens (including phenoxy) is 1. The molecule has 0 radical (unpaired) electrons. The van der Waals surface area contributed by atoms with Crippen molar-refractivity contribution in [3.05, 3.63) is 47.5 Å². The van der Waals surface area contributed by atoms with Gasteiger partial charge in [0, 0.05) is 12.1 Å². The Hall–Kier alpha value is -2.85. The van der Waals surface area contributed by atoms with Crippen molar-refractivity contribution in [3.8, 4) is 28.4 Å². The van der Waals surface area contributed by atoms with Crippen molar-refractivity contribution in [1.29, 1.82) is 0 Å². The van der Waals surface area contributed by atoms with Gasteiger partial charge < -0.3 is 24.8 Å². The van der Waals surface area contributed by atoms with Gasteiger partial charge in [-0.1, -0.05) is 17.3 Å². The smallest absolute Gasteiger partial charge is 0.160 e. The first kappa shape index (κ1) is 22.8. The minimum atomic E-state index is -0.905. The Kier molecular flexibility index (Phi) is 7.34. The lowest BCUT2D eigenvalue weighted by molar-refractivity contribution is 0.0358. The molecule has 0 spiro atoms. The molecule has 3 N–H and O–H groups in total. The number of nitrogens with one attached hydrogen (secondary N) is 1. The molecule has 1 aromatic carbocycles. The fourth-order valence-corrected chi connectivity index (χ4v) is 3.18. The van der Waals surface area contributed by atoms with Crippen LogP contribution in [-0.2, 0) is 0 Å². The summed E-state index contributed by atoms with van der Waals surface area (Å²) in [5.74, 6) is 1.67. The molecule has 0 aliphatic heterocycles. The number of hydrogen-bond donors (Lipinski definition) is 3. The molecule has 0 saturated carbocycles. The van der Waals surface area contributed by atoms with Gasteiger partial charge in [-0.15, -0.1) is 0 Å². The van der Waals surface area contributed by atoms with Gasteiger partial charge >= 0.3 is 0 Å². The third-order valence-electron chi connectivity index (χ3n) is 4.76. The van der Waals surface area contributed by atoms with Gasteiger partial charge in [0.15, 0.2) is 5.82 Å². The van der Waals surface area contributed by atoms with E-state index in [4.69, 9.17) is 14.2 Å². The average Bonchev–Trinajstić information content (AvgIpc) is 3.09. The van der Waals surface area contributed by atoms with Crippen LogP contribution >= 0.6 is 0 Å². The van der Waals surface area contributed by atoms with Gasteiger partial charge in [0.1, 0.15) is 30.4 Å². The summed E-state index contributed by atoms with van der Waals surface area (Å²) in [6.07, 6.45) is -1.52. The van der Waals surface area contributed by atoms with Crippen LogP contribution in [-0.4, -0.2) is 70.6 Å². The number of likely N-dealkylation sites (N-methyl/N-ethyl adjacent to an activating group) is 1. The molecule has 0 saturated heterocycles. The Morgan fingerprint density at radius 2 is 1.94 bits per heavy atom. The SMILES string of the molecule is CNCC(O)COc1cccc(-c2nc(-c3c(C)noc3C)cc(C(O)N(C)C)n2)c1. The van der Waals surface area contributed by atoms with Crippen molar-refractivity contribution < 1.29 is 19.5 Å². The van der Waals surface area contributed by atoms with Crippen molar-refractivity contribution in [2.24, 2.45) is 0 Å². The van der Waals surface area contributed by atoms with E-state index in [0.29, 0.717) is 41.0 Å². The highest BCUT2D eigenvalue weighted by Gasteiger charge is 2.20. The molecule has 9 heteroatoms. The first-order valence-electron chi connectivity index (χ1n) is 10.0. The van der Waals surface area contributed by atoms with Crippen LogP contribution in [0.3, 0.4) is 0 Å². The molecule has 0 amide bonds. The Labute approximate surface area is 181 Å². The average molecular weight is 428 g/mol. The minimum Gasteiger partial charge on any atom is -0.491 e. The number of nitrogens with zero attached hydrogens (tertiary/aromatic N) is 4. The molecular weight excluding hydrogens is 398 g/mol. The second-order valence-electron chi connectivity index (χ2n) is 7.59. The number of aliphatic hydroxyl groups excluding tert-OH is 2. The molecule has 31 heavy (non-hydrogen) atoms. The minimum absolute atomic E-state index is 0.162. The van der Waals surface area contributed by atoms with Crippen LogP contribution in [0.15, 0.2) is 34.9 Å². The molecule has 166 valence electrons. The Bertz CT molecular complexity index is 1000. The molecule has 2 unspecified atom stereocenters. The van der Waals surface area contributed by atoms with Crippen molar-refractivity contribution in [3.63, 3.8) is 0 Å². The number of rotatable bonds is 9. The standard InChI is InChI=1S/C22H29N5O4/c1-13-20(14(2)31-26-13)18-10-19(22(29)27(4)5)25-21(24-18)15-7-6-8-17(9-15)30-12-16(28)11-23-3/h6-10,16,22-23,28-29H,11-12H2,1-5H3. The molecule has 0 fully saturated rings. The van der Waals surface area contributed by atoms with E-state index in [9.17, 15) is 10.2 Å². The first-order valence-corrected chi connectivity index (χ1v) is 10.0. The lowest BCUT2D eigenvalue weighted by atomic mass is 10.1. The molecule has 2 heterocycles. The van der Waals surface area contributed by atoms with Crippen molar-refractivity contribution in [2.45, 2.75) is 26.2 Å². The summed E-state index contributed by atoms with van der Waals surface area (Å²) in [5, 5.41) is 27.4. The van der Waals surface area contributed by atoms with Crippen LogP contribution in [0.4, 0.5) is 0 Å². The number of aryl methyl sites for hydroxylation is 2. The second kappa shape index (κ2) is 9.97. The number of benzene rings is 1. The summed E-state index contributed by atoms with van der Waals surface area (Å²) >= 11 is 0. The van der Waals surface area contributed by atoms with Crippen molar-refractivity contribution >= 4 is 0 Å². The number of hydrogen-bond acceptors (Lipinski definition) is 9. The topological polar surface area (TPSA) is 117 Å². The summed E-state index contributed by atoms with van der Waals surface area (Å²) in [5.41, 5.74) is 3.29. The maximum absolute atomic E-state index is 10.6. The summed E-state index contributed by atoms with van der Waals surface area (Å²) in [4.78, 5) is 11.0. The Morgan fingerprint density at radius 3 is 2.58 bits per heavy atom. The van der Waals surface area contributed by atoms with E-state index in [1.165, 1.54) is 0 Å². The van der Waals surface area contributed by atoms with Gasteiger partial charge in [-0.05, 0) is 53.2 Å². The largest absolute Gasteiger partial charge is 0.491 e. The lowest BCUT2D eigenvalue weighted by Gasteiger charge is -2.19. The van der Waals surface area contributed by atoms with E-state index >= 15 is 0 Å². The van der Waals surface area contributed by atoms with E-state index < -0.39 is 12.3 Å². The number of aliphatic hydroxyl groups is 2. The zero-order chi connectivity index (χ0) is 22.5. The van der Waals surface area contributed by atoms with Gasteiger partial charge in [-0.2, -0.15) is 0 Å². The van der Waals surface area contributed by atoms with Crippen molar-refractivity contribution in [1.82, 2.24) is 25.3 Å². The fraction of sp³-hybridized carbons (Fsp3) is 0.409. The van der Waals surface area contributed by atoms with Gasteiger partial charge in [-0.25, -0.2) is 9.97 Å². The molecule has 0 bridgehead atoms. The maximum Gasteiger partial charge on any atom is 0.160 e. The highest BCUT2D eigenvalue weighted by Crippen LogP contribution is 2.30. The second-order valence-corrected chi connectivity index (χ2v) is 7.59. The lowest BCUT2D eigenvalue weighted by Crippen LogP contribution is -2.29. The van der Waals surface area contributed by atoms with Crippen LogP contribution in [0.2, 0.25) is 0 Å². The van der Waals surface area contributed by atoms with Crippen molar-refractivity contribution in [2.75, 3.05) is 34.3 Å². The quantitative estimate of drug-likeness (QED) is 0.440. The van der Waals surface area contributed by atoms with Crippen LogP contribution in [0.25, 0.3) is 22.6 Å². The molecular formula is C22H29N5O4. The van der Waals surface area contributed by atoms with Crippen LogP contribution in [0.5, 0.6) is 5.75 Å². The highest BCUT2D eigenvalue weighted by atomic mass is 16.5. The molecule has 9 nitrogen and oxygen atoms in total. The predicted molar refractivity (Wildman–Crippen MR) is 117 cm³/mol. The zero-order valence-electron chi connectivity index (χ0n) is 18.5. The van der Waals surface area contributed by atoms with Gasteiger partial charge in [0.2, 0.25) is 0 Å².